The van der Waals surface area contributed by atoms with E-state index in [0.717, 1.165) is 43.1 Å². The van der Waals surface area contributed by atoms with Gasteiger partial charge in [-0.05, 0) is 37.4 Å². The summed E-state index contributed by atoms with van der Waals surface area (Å²) in [5.41, 5.74) is 8.07. The zero-order chi connectivity index (χ0) is 18.5. The molecule has 26 heavy (non-hydrogen) atoms. The SMILES string of the molecule is CCN(CC)CCNc1ncccc1-c1nc2c(C(N)=O)cccc2[nH]1. The van der Waals surface area contributed by atoms with Gasteiger partial charge < -0.3 is 20.9 Å². The Morgan fingerprint density at radius 1 is 1.23 bits per heavy atom. The second-order valence-corrected chi connectivity index (χ2v) is 6.00. The molecular formula is C19H24N6O. The number of fused-ring (bicyclic) bond motifs is 1. The minimum Gasteiger partial charge on any atom is -0.368 e. The van der Waals surface area contributed by atoms with Gasteiger partial charge in [0.1, 0.15) is 17.2 Å². The number of pyridine rings is 1. The summed E-state index contributed by atoms with van der Waals surface area (Å²) in [5.74, 6) is 0.934. The number of amides is 1. The predicted molar refractivity (Wildman–Crippen MR) is 104 cm³/mol. The quantitative estimate of drug-likeness (QED) is 0.578. The maximum Gasteiger partial charge on any atom is 0.250 e. The highest BCUT2D eigenvalue weighted by molar-refractivity contribution is 6.04. The number of nitrogens with zero attached hydrogens (tertiary/aromatic N) is 3. The van der Waals surface area contributed by atoms with Crippen LogP contribution in [0.1, 0.15) is 24.2 Å². The molecule has 0 radical (unpaired) electrons. The van der Waals surface area contributed by atoms with Crippen molar-refractivity contribution in [2.24, 2.45) is 5.73 Å². The molecule has 2 aromatic heterocycles. The number of rotatable bonds is 8. The zero-order valence-electron chi connectivity index (χ0n) is 15.1. The summed E-state index contributed by atoms with van der Waals surface area (Å²) in [6.45, 7) is 8.08. The van der Waals surface area contributed by atoms with Crippen LogP contribution < -0.4 is 11.1 Å². The maximum absolute atomic E-state index is 11.6. The molecule has 136 valence electrons. The third kappa shape index (κ3) is 3.67. The number of hydrogen-bond acceptors (Lipinski definition) is 5. The topological polar surface area (TPSA) is 99.9 Å². The zero-order valence-corrected chi connectivity index (χ0v) is 15.1. The first kappa shape index (κ1) is 17.9. The van der Waals surface area contributed by atoms with E-state index in [-0.39, 0.29) is 0 Å². The van der Waals surface area contributed by atoms with Crippen molar-refractivity contribution in [2.45, 2.75) is 13.8 Å². The van der Waals surface area contributed by atoms with E-state index in [0.29, 0.717) is 16.9 Å². The number of aromatic amines is 1. The van der Waals surface area contributed by atoms with Crippen molar-refractivity contribution in [3.8, 4) is 11.4 Å². The van der Waals surface area contributed by atoms with Gasteiger partial charge in [-0.15, -0.1) is 0 Å². The summed E-state index contributed by atoms with van der Waals surface area (Å²) < 4.78 is 0. The standard InChI is InChI=1S/C19H24N6O/c1-3-25(4-2)12-11-22-18-14(8-6-10-21-18)19-23-15-9-5-7-13(17(20)26)16(15)24-19/h5-10H,3-4,11-12H2,1-2H3,(H2,20,26)(H,21,22)(H,23,24). The Hall–Kier alpha value is -2.93. The molecule has 1 amide bonds. The third-order valence-corrected chi connectivity index (χ3v) is 4.46. The van der Waals surface area contributed by atoms with Crippen LogP contribution >= 0.6 is 0 Å². The van der Waals surface area contributed by atoms with E-state index in [2.05, 4.69) is 39.0 Å². The van der Waals surface area contributed by atoms with Crippen LogP contribution in [0, 0.1) is 0 Å². The fourth-order valence-corrected chi connectivity index (χ4v) is 2.97. The first-order valence-corrected chi connectivity index (χ1v) is 8.84. The molecule has 0 fully saturated rings. The maximum atomic E-state index is 11.6. The normalized spacial score (nSPS) is 11.2. The van der Waals surface area contributed by atoms with E-state index in [4.69, 9.17) is 5.73 Å². The van der Waals surface area contributed by atoms with Crippen LogP contribution in [-0.4, -0.2) is 51.9 Å². The fourth-order valence-electron chi connectivity index (χ4n) is 2.97. The van der Waals surface area contributed by atoms with Gasteiger partial charge in [0.2, 0.25) is 0 Å². The lowest BCUT2D eigenvalue weighted by Crippen LogP contribution is -2.28. The van der Waals surface area contributed by atoms with Crippen LogP contribution in [0.4, 0.5) is 5.82 Å². The molecule has 1 aromatic carbocycles. The predicted octanol–water partition coefficient (Wildman–Crippen LogP) is 2.48. The molecule has 0 aliphatic heterocycles. The van der Waals surface area contributed by atoms with Crippen molar-refractivity contribution in [2.75, 3.05) is 31.5 Å². The number of primary amides is 1. The number of imidazole rings is 1. The number of anilines is 1. The molecule has 4 N–H and O–H groups in total. The first-order valence-electron chi connectivity index (χ1n) is 8.84. The Balaban J connectivity index is 1.89. The highest BCUT2D eigenvalue weighted by Gasteiger charge is 2.14. The van der Waals surface area contributed by atoms with Crippen LogP contribution in [0.15, 0.2) is 36.5 Å². The van der Waals surface area contributed by atoms with Crippen LogP contribution in [0.5, 0.6) is 0 Å². The average molecular weight is 352 g/mol. The Labute approximate surface area is 152 Å². The van der Waals surface area contributed by atoms with Gasteiger partial charge >= 0.3 is 0 Å². The molecule has 3 rings (SSSR count). The summed E-state index contributed by atoms with van der Waals surface area (Å²) in [5, 5.41) is 3.39. The van der Waals surface area contributed by atoms with Gasteiger partial charge in [0.15, 0.2) is 0 Å². The molecule has 7 nitrogen and oxygen atoms in total. The van der Waals surface area contributed by atoms with E-state index in [1.54, 1.807) is 18.3 Å². The number of carbonyl (C=O) groups is 1. The molecule has 0 spiro atoms. The number of aromatic nitrogens is 3. The number of hydrogen-bond donors (Lipinski definition) is 3. The first-order chi connectivity index (χ1) is 12.6. The molecule has 0 unspecified atom stereocenters. The molecule has 0 aliphatic carbocycles. The van der Waals surface area contributed by atoms with E-state index >= 15 is 0 Å². The minimum absolute atomic E-state index is 0.407. The lowest BCUT2D eigenvalue weighted by molar-refractivity contribution is 0.100. The average Bonchev–Trinajstić information content (AvgIpc) is 3.09. The number of benzene rings is 1. The monoisotopic (exact) mass is 352 g/mol. The van der Waals surface area contributed by atoms with E-state index < -0.39 is 5.91 Å². The van der Waals surface area contributed by atoms with Gasteiger partial charge in [0.05, 0.1) is 16.6 Å². The summed E-state index contributed by atoms with van der Waals surface area (Å²) in [6.07, 6.45) is 1.75. The molecule has 0 bridgehead atoms. The molecule has 0 saturated heterocycles. The van der Waals surface area contributed by atoms with Crippen molar-refractivity contribution in [3.05, 3.63) is 42.1 Å². The molecule has 0 aliphatic rings. The van der Waals surface area contributed by atoms with Crippen molar-refractivity contribution in [3.63, 3.8) is 0 Å². The molecule has 0 atom stereocenters. The summed E-state index contributed by atoms with van der Waals surface area (Å²) in [6, 6.07) is 9.17. The van der Waals surface area contributed by atoms with Crippen LogP contribution in [0.25, 0.3) is 22.4 Å². The van der Waals surface area contributed by atoms with Crippen LogP contribution in [0.3, 0.4) is 0 Å². The molecule has 0 saturated carbocycles. The summed E-state index contributed by atoms with van der Waals surface area (Å²) >= 11 is 0. The van der Waals surface area contributed by atoms with Crippen molar-refractivity contribution >= 4 is 22.8 Å². The van der Waals surface area contributed by atoms with Gasteiger partial charge in [-0.3, -0.25) is 4.79 Å². The van der Waals surface area contributed by atoms with Gasteiger partial charge in [0.25, 0.3) is 5.91 Å². The molecule has 3 aromatic rings. The fraction of sp³-hybridized carbons (Fsp3) is 0.316. The van der Waals surface area contributed by atoms with Gasteiger partial charge in [-0.25, -0.2) is 9.97 Å². The third-order valence-electron chi connectivity index (χ3n) is 4.46. The number of likely N-dealkylation sites (N-methyl/N-ethyl adjacent to an activating group) is 1. The Kier molecular flexibility index (Phi) is 5.48. The van der Waals surface area contributed by atoms with Gasteiger partial charge in [-0.1, -0.05) is 19.9 Å². The molecular weight excluding hydrogens is 328 g/mol. The van der Waals surface area contributed by atoms with Crippen molar-refractivity contribution in [1.29, 1.82) is 0 Å². The highest BCUT2D eigenvalue weighted by Crippen LogP contribution is 2.27. The smallest absolute Gasteiger partial charge is 0.250 e. The minimum atomic E-state index is -0.489. The van der Waals surface area contributed by atoms with Gasteiger partial charge in [-0.2, -0.15) is 0 Å². The molecule has 2 heterocycles. The number of nitrogens with one attached hydrogen (secondary N) is 2. The Morgan fingerprint density at radius 3 is 2.77 bits per heavy atom. The second kappa shape index (κ2) is 7.97. The number of para-hydroxylation sites is 1. The number of carbonyl (C=O) groups excluding carboxylic acids is 1. The highest BCUT2D eigenvalue weighted by atomic mass is 16.1. The summed E-state index contributed by atoms with van der Waals surface area (Å²) in [7, 11) is 0. The van der Waals surface area contributed by atoms with Gasteiger partial charge in [0, 0.05) is 19.3 Å². The largest absolute Gasteiger partial charge is 0.368 e. The Morgan fingerprint density at radius 2 is 2.04 bits per heavy atom. The van der Waals surface area contributed by atoms with E-state index in [9.17, 15) is 4.79 Å². The lowest BCUT2D eigenvalue weighted by Gasteiger charge is -2.18. The lowest BCUT2D eigenvalue weighted by atomic mass is 10.2. The van der Waals surface area contributed by atoms with E-state index in [1.165, 1.54) is 0 Å². The summed E-state index contributed by atoms with van der Waals surface area (Å²) in [4.78, 5) is 26.3. The van der Waals surface area contributed by atoms with Crippen molar-refractivity contribution in [1.82, 2.24) is 19.9 Å². The van der Waals surface area contributed by atoms with E-state index in [1.807, 2.05) is 18.2 Å². The van der Waals surface area contributed by atoms with Crippen LogP contribution in [0.2, 0.25) is 0 Å². The number of H-pyrrole nitrogens is 1. The molecule has 7 heteroatoms. The van der Waals surface area contributed by atoms with Crippen LogP contribution in [-0.2, 0) is 0 Å². The number of nitrogens with two attached hydrogens (primary N) is 1. The Bertz CT molecular complexity index is 900. The van der Waals surface area contributed by atoms with Crippen molar-refractivity contribution < 1.29 is 4.79 Å². The second-order valence-electron chi connectivity index (χ2n) is 6.00.